The van der Waals surface area contributed by atoms with E-state index in [-0.39, 0.29) is 78.9 Å². The second-order valence-electron chi connectivity index (χ2n) is 15.8. The number of hydrogen-bond acceptors (Lipinski definition) is 21. The van der Waals surface area contributed by atoms with Crippen LogP contribution in [0.2, 0.25) is 0 Å². The van der Waals surface area contributed by atoms with Crippen LogP contribution in [0.1, 0.15) is 16.7 Å². The summed E-state index contributed by atoms with van der Waals surface area (Å²) in [5.74, 6) is 0. The zero-order valence-corrected chi connectivity index (χ0v) is 34.6. The number of carbonyl (C=O) groups is 6. The van der Waals surface area contributed by atoms with Crippen molar-refractivity contribution in [1.29, 1.82) is 0 Å². The molecular weight excluding hydrogens is 858 g/mol. The van der Waals surface area contributed by atoms with Crippen LogP contribution in [0, 0.1) is 0 Å². The first kappa shape index (κ1) is 42.7. The summed E-state index contributed by atoms with van der Waals surface area (Å²) in [6, 6.07) is 23.2. The lowest BCUT2D eigenvalue weighted by molar-refractivity contribution is 0.113. The van der Waals surface area contributed by atoms with Gasteiger partial charge < -0.3 is 71.5 Å². The molecule has 3 aromatic carbocycles. The molecule has 0 saturated carbocycles. The van der Waals surface area contributed by atoms with Gasteiger partial charge >= 0.3 is 36.9 Å². The van der Waals surface area contributed by atoms with Crippen LogP contribution in [0.3, 0.4) is 0 Å². The van der Waals surface area contributed by atoms with Crippen LogP contribution in [-0.2, 0) is 56.8 Å². The van der Waals surface area contributed by atoms with Crippen LogP contribution in [0.25, 0.3) is 11.6 Å². The van der Waals surface area contributed by atoms with Crippen molar-refractivity contribution < 1.29 is 85.6 Å². The van der Waals surface area contributed by atoms with Crippen LogP contribution >= 0.6 is 0 Å². The highest BCUT2D eigenvalue weighted by molar-refractivity contribution is 5.92. The molecule has 342 valence electrons. The van der Waals surface area contributed by atoms with Crippen molar-refractivity contribution in [2.45, 2.75) is 36.6 Å². The zero-order chi connectivity index (χ0) is 44.9. The third-order valence-electron chi connectivity index (χ3n) is 11.1. The highest BCUT2D eigenvalue weighted by Crippen LogP contribution is 2.32. The molecule has 0 N–H and O–H groups in total. The standard InChI is InChI=1S/C44H43N3O18/c48-39-54-20-32(60-39)14-45(15-33-21-55-40(49)61-33)29-7-1-26(2-8-29)13-38(27-3-9-30(10-4-27)46(16-34-22-56-41(50)62-34)17-35-23-57-42(51)63-35)28-5-11-31(12-6-28)47(18-36-24-58-43(52)64-36)19-37-25-59-44(53)65-37/h1-13,32-37H,14-25H2. The van der Waals surface area contributed by atoms with Gasteiger partial charge in [-0.05, 0) is 64.7 Å². The van der Waals surface area contributed by atoms with Crippen LogP contribution in [0.15, 0.2) is 72.8 Å². The van der Waals surface area contributed by atoms with E-state index >= 15 is 0 Å². The normalized spacial score (nSPS) is 24.1. The first-order valence-corrected chi connectivity index (χ1v) is 20.8. The van der Waals surface area contributed by atoms with Crippen molar-refractivity contribution in [3.05, 3.63) is 89.5 Å². The molecule has 6 aliphatic rings. The molecule has 6 atom stereocenters. The van der Waals surface area contributed by atoms with E-state index < -0.39 is 73.6 Å². The van der Waals surface area contributed by atoms with Crippen molar-refractivity contribution in [3.8, 4) is 0 Å². The highest BCUT2D eigenvalue weighted by Gasteiger charge is 2.35. The van der Waals surface area contributed by atoms with Crippen molar-refractivity contribution in [2.24, 2.45) is 0 Å². The Kier molecular flexibility index (Phi) is 12.5. The molecular formula is C44H43N3O18. The number of ether oxygens (including phenoxy) is 12. The predicted molar refractivity (Wildman–Crippen MR) is 220 cm³/mol. The van der Waals surface area contributed by atoms with Gasteiger partial charge in [0.1, 0.15) is 39.6 Å². The number of nitrogens with zero attached hydrogens (tertiary/aromatic N) is 3. The van der Waals surface area contributed by atoms with Crippen LogP contribution < -0.4 is 14.7 Å². The second-order valence-corrected chi connectivity index (χ2v) is 15.8. The molecule has 6 fully saturated rings. The van der Waals surface area contributed by atoms with E-state index in [2.05, 4.69) is 0 Å². The Labute approximate surface area is 370 Å². The molecule has 0 aromatic heterocycles. The molecule has 6 unspecified atom stereocenters. The van der Waals surface area contributed by atoms with E-state index in [1.807, 2.05) is 93.6 Å². The van der Waals surface area contributed by atoms with Gasteiger partial charge in [-0.2, -0.15) is 0 Å². The summed E-state index contributed by atoms with van der Waals surface area (Å²) in [7, 11) is 0. The summed E-state index contributed by atoms with van der Waals surface area (Å²) in [6.07, 6.45) is -5.70. The number of hydrogen-bond donors (Lipinski definition) is 0. The van der Waals surface area contributed by atoms with E-state index in [1.54, 1.807) is 0 Å². The summed E-state index contributed by atoms with van der Waals surface area (Å²) in [4.78, 5) is 76.3. The van der Waals surface area contributed by atoms with Gasteiger partial charge in [0.05, 0.1) is 39.3 Å². The van der Waals surface area contributed by atoms with Crippen LogP contribution in [-0.4, -0.2) is 152 Å². The molecule has 0 radical (unpaired) electrons. The van der Waals surface area contributed by atoms with Crippen LogP contribution in [0.4, 0.5) is 45.8 Å². The van der Waals surface area contributed by atoms with Gasteiger partial charge in [-0.1, -0.05) is 36.4 Å². The lowest BCUT2D eigenvalue weighted by atomic mass is 9.95. The molecule has 0 spiro atoms. The second kappa shape index (κ2) is 19.0. The quantitative estimate of drug-likeness (QED) is 0.0940. The number of rotatable bonds is 18. The molecule has 6 heterocycles. The lowest BCUT2D eigenvalue weighted by Crippen LogP contribution is -2.39. The third kappa shape index (κ3) is 10.8. The zero-order valence-electron chi connectivity index (χ0n) is 34.6. The summed E-state index contributed by atoms with van der Waals surface area (Å²) in [5.41, 5.74) is 5.65. The fourth-order valence-corrected chi connectivity index (χ4v) is 8.05. The molecule has 21 heteroatoms. The number of carbonyl (C=O) groups excluding carboxylic acids is 6. The molecule has 65 heavy (non-hydrogen) atoms. The van der Waals surface area contributed by atoms with Crippen molar-refractivity contribution in [3.63, 3.8) is 0 Å². The number of benzene rings is 3. The largest absolute Gasteiger partial charge is 0.508 e. The van der Waals surface area contributed by atoms with Crippen molar-refractivity contribution in [1.82, 2.24) is 0 Å². The Morgan fingerprint density at radius 3 is 0.815 bits per heavy atom. The summed E-state index contributed by atoms with van der Waals surface area (Å²) in [6.45, 7) is 2.14. The first-order valence-electron chi connectivity index (χ1n) is 20.8. The SMILES string of the molecule is O=C1OCC(CN(CC2COC(=O)O2)c2ccc(C=C(c3ccc(N(CC4COC(=O)O4)CC4COC(=O)O4)cc3)c3ccc(N(CC4COC(=O)O4)CC4COC(=O)O4)cc3)cc2)O1. The van der Waals surface area contributed by atoms with E-state index in [0.717, 1.165) is 39.3 Å². The molecule has 6 aliphatic heterocycles. The minimum atomic E-state index is -0.750. The average Bonchev–Trinajstić information content (AvgIpc) is 4.19. The molecule has 0 bridgehead atoms. The fourth-order valence-electron chi connectivity index (χ4n) is 8.05. The van der Waals surface area contributed by atoms with Gasteiger partial charge in [-0.25, -0.2) is 28.8 Å². The van der Waals surface area contributed by atoms with Gasteiger partial charge in [0.15, 0.2) is 36.6 Å². The number of cyclic esters (lactones) is 12. The minimum absolute atomic E-state index is 0.0787. The van der Waals surface area contributed by atoms with E-state index in [0.29, 0.717) is 0 Å². The predicted octanol–water partition coefficient (Wildman–Crippen LogP) is 4.91. The highest BCUT2D eigenvalue weighted by atomic mass is 16.8. The molecule has 6 saturated heterocycles. The van der Waals surface area contributed by atoms with Gasteiger partial charge in [-0.3, -0.25) is 0 Å². The number of anilines is 3. The Bertz CT molecular complexity index is 2100. The molecule has 0 amide bonds. The molecule has 21 nitrogen and oxygen atoms in total. The monoisotopic (exact) mass is 901 g/mol. The Hall–Kier alpha value is -7.58. The van der Waals surface area contributed by atoms with E-state index in [4.69, 9.17) is 56.8 Å². The maximum atomic E-state index is 11.8. The topological polar surface area (TPSA) is 223 Å². The molecule has 9 rings (SSSR count). The summed E-state index contributed by atoms with van der Waals surface area (Å²) >= 11 is 0. The van der Waals surface area contributed by atoms with Crippen molar-refractivity contribution in [2.75, 3.05) is 93.6 Å². The van der Waals surface area contributed by atoms with Gasteiger partial charge in [0.2, 0.25) is 0 Å². The summed E-state index contributed by atoms with van der Waals surface area (Å²) in [5, 5.41) is 0. The van der Waals surface area contributed by atoms with Crippen LogP contribution in [0.5, 0.6) is 0 Å². The van der Waals surface area contributed by atoms with E-state index in [9.17, 15) is 28.8 Å². The van der Waals surface area contributed by atoms with Gasteiger partial charge in [-0.15, -0.1) is 0 Å². The van der Waals surface area contributed by atoms with Gasteiger partial charge in [0, 0.05) is 17.1 Å². The van der Waals surface area contributed by atoms with Crippen molar-refractivity contribution >= 4 is 65.6 Å². The first-order chi connectivity index (χ1) is 31.5. The van der Waals surface area contributed by atoms with E-state index in [1.165, 1.54) is 0 Å². The fraction of sp³-hybridized carbons (Fsp3) is 0.409. The Morgan fingerprint density at radius 2 is 0.600 bits per heavy atom. The maximum Gasteiger partial charge on any atom is 0.508 e. The smallest absolute Gasteiger partial charge is 0.430 e. The lowest BCUT2D eigenvalue weighted by Gasteiger charge is -2.28. The summed E-state index contributed by atoms with van der Waals surface area (Å²) < 4.78 is 62.0. The third-order valence-corrected chi connectivity index (χ3v) is 11.1. The average molecular weight is 902 g/mol. The maximum absolute atomic E-state index is 11.8. The Balaban J connectivity index is 1.01. The Morgan fingerprint density at radius 1 is 0.369 bits per heavy atom. The molecule has 0 aliphatic carbocycles. The van der Waals surface area contributed by atoms with Gasteiger partial charge in [0.25, 0.3) is 0 Å². The minimum Gasteiger partial charge on any atom is -0.430 e. The molecule has 3 aromatic rings.